The van der Waals surface area contributed by atoms with Crippen molar-refractivity contribution >= 4 is 39.4 Å². The number of ketones is 1. The van der Waals surface area contributed by atoms with Crippen LogP contribution in [0, 0.1) is 23.2 Å². The van der Waals surface area contributed by atoms with Gasteiger partial charge in [-0.15, -0.1) is 13.2 Å². The SMILES string of the molecule is C=CCCNC(=O)C(=O)C(CCC=C)NC(=O)[C@@H]1[C@@H](C(C)C)CCN1C(=O)[C@@H](NC(=O)NC1(CS(=O)(=O)CCC(C)C)CCCCC1)C(C)(C)C. The van der Waals surface area contributed by atoms with E-state index >= 15 is 0 Å². The lowest BCUT2D eigenvalue weighted by molar-refractivity contribution is -0.144. The van der Waals surface area contributed by atoms with E-state index in [4.69, 9.17) is 0 Å². The first-order chi connectivity index (χ1) is 23.8. The van der Waals surface area contributed by atoms with Crippen molar-refractivity contribution in [2.24, 2.45) is 23.2 Å². The minimum absolute atomic E-state index is 0.0104. The molecule has 4 N–H and O–H groups in total. The second-order valence-electron chi connectivity index (χ2n) is 16.3. The fraction of sp³-hybridized carbons (Fsp3) is 0.763. The Kier molecular flexibility index (Phi) is 16.9. The molecule has 0 aromatic heterocycles. The van der Waals surface area contributed by atoms with Crippen molar-refractivity contribution in [3.8, 4) is 0 Å². The molecule has 2 rings (SSSR count). The van der Waals surface area contributed by atoms with E-state index in [9.17, 15) is 32.4 Å². The molecular formula is C38H65N5O7S. The second-order valence-corrected chi connectivity index (χ2v) is 18.5. The zero-order chi connectivity index (χ0) is 38.6. The van der Waals surface area contributed by atoms with Gasteiger partial charge in [0, 0.05) is 13.1 Å². The molecule has 0 spiro atoms. The lowest BCUT2D eigenvalue weighted by Gasteiger charge is -2.40. The number of carbonyl (C=O) groups is 5. The van der Waals surface area contributed by atoms with E-state index in [1.165, 1.54) is 4.90 Å². The van der Waals surface area contributed by atoms with Gasteiger partial charge in [-0.25, -0.2) is 13.2 Å². The molecule has 0 aromatic carbocycles. The summed E-state index contributed by atoms with van der Waals surface area (Å²) < 4.78 is 26.4. The normalized spacial score (nSPS) is 20.3. The highest BCUT2D eigenvalue weighted by atomic mass is 32.2. The summed E-state index contributed by atoms with van der Waals surface area (Å²) >= 11 is 0. The predicted octanol–water partition coefficient (Wildman–Crippen LogP) is 4.45. The lowest BCUT2D eigenvalue weighted by atomic mass is 9.83. The molecule has 13 heteroatoms. The molecule has 1 saturated carbocycles. The largest absolute Gasteiger partial charge is 0.349 e. The molecule has 1 saturated heterocycles. The van der Waals surface area contributed by atoms with Gasteiger partial charge in [0.1, 0.15) is 12.1 Å². The number of sulfone groups is 1. The molecule has 0 bridgehead atoms. The number of urea groups is 1. The molecule has 1 unspecified atom stereocenters. The average molecular weight is 736 g/mol. The Labute approximate surface area is 306 Å². The maximum absolute atomic E-state index is 14.5. The third-order valence-electron chi connectivity index (χ3n) is 10.1. The molecule has 0 aromatic rings. The zero-order valence-corrected chi connectivity index (χ0v) is 33.0. The van der Waals surface area contributed by atoms with E-state index in [-0.39, 0.29) is 48.8 Å². The number of hydrogen-bond donors (Lipinski definition) is 4. The minimum Gasteiger partial charge on any atom is -0.349 e. The van der Waals surface area contributed by atoms with Crippen LogP contribution in [0.3, 0.4) is 0 Å². The lowest BCUT2D eigenvalue weighted by Crippen LogP contribution is -2.63. The van der Waals surface area contributed by atoms with E-state index in [0.717, 1.165) is 19.3 Å². The minimum atomic E-state index is -3.45. The number of nitrogens with zero attached hydrogens (tertiary/aromatic N) is 1. The van der Waals surface area contributed by atoms with Gasteiger partial charge in [-0.05, 0) is 68.1 Å². The Hall–Kier alpha value is -3.22. The quantitative estimate of drug-likeness (QED) is 0.0863. The number of nitrogens with one attached hydrogen (secondary N) is 4. The highest BCUT2D eigenvalue weighted by Crippen LogP contribution is 2.34. The molecule has 1 aliphatic heterocycles. The van der Waals surface area contributed by atoms with E-state index < -0.39 is 68.5 Å². The van der Waals surface area contributed by atoms with Crippen LogP contribution in [-0.2, 0) is 29.0 Å². The van der Waals surface area contributed by atoms with E-state index in [1.807, 2.05) is 48.5 Å². The summed E-state index contributed by atoms with van der Waals surface area (Å²) in [6.07, 6.45) is 8.91. The number of likely N-dealkylation sites (tertiary alicyclic amines) is 1. The maximum atomic E-state index is 14.5. The van der Waals surface area contributed by atoms with Gasteiger partial charge < -0.3 is 26.2 Å². The van der Waals surface area contributed by atoms with Gasteiger partial charge in [-0.1, -0.05) is 79.9 Å². The smallest absolute Gasteiger partial charge is 0.315 e. The van der Waals surface area contributed by atoms with Gasteiger partial charge in [0.15, 0.2) is 9.84 Å². The third-order valence-corrected chi connectivity index (χ3v) is 11.9. The van der Waals surface area contributed by atoms with Gasteiger partial charge in [0.05, 0.1) is 23.1 Å². The zero-order valence-electron chi connectivity index (χ0n) is 32.1. The van der Waals surface area contributed by atoms with Crippen LogP contribution < -0.4 is 21.3 Å². The summed E-state index contributed by atoms with van der Waals surface area (Å²) in [5.74, 6) is -2.67. The highest BCUT2D eigenvalue weighted by molar-refractivity contribution is 7.91. The van der Waals surface area contributed by atoms with E-state index in [2.05, 4.69) is 34.4 Å². The number of Topliss-reactive ketones (excluding diaryl/α,β-unsaturated/α-hetero) is 1. The monoisotopic (exact) mass is 735 g/mol. The fourth-order valence-electron chi connectivity index (χ4n) is 7.11. The molecule has 2 fully saturated rings. The predicted molar refractivity (Wildman–Crippen MR) is 201 cm³/mol. The number of allylic oxidation sites excluding steroid dienone is 1. The third kappa shape index (κ3) is 13.4. The van der Waals surface area contributed by atoms with Crippen molar-refractivity contribution in [2.45, 2.75) is 136 Å². The van der Waals surface area contributed by atoms with Crippen molar-refractivity contribution in [3.63, 3.8) is 0 Å². The van der Waals surface area contributed by atoms with Crippen LogP contribution in [0.4, 0.5) is 4.79 Å². The maximum Gasteiger partial charge on any atom is 0.315 e. The van der Waals surface area contributed by atoms with Crippen LogP contribution in [0.5, 0.6) is 0 Å². The van der Waals surface area contributed by atoms with Crippen LogP contribution >= 0.6 is 0 Å². The molecule has 12 nitrogen and oxygen atoms in total. The summed E-state index contributed by atoms with van der Waals surface area (Å²) in [7, 11) is -3.45. The second kappa shape index (κ2) is 19.6. The van der Waals surface area contributed by atoms with Crippen molar-refractivity contribution in [2.75, 3.05) is 24.6 Å². The van der Waals surface area contributed by atoms with Crippen LogP contribution in [0.15, 0.2) is 25.3 Å². The number of amides is 5. The molecular weight excluding hydrogens is 671 g/mol. The van der Waals surface area contributed by atoms with Crippen LogP contribution in [0.1, 0.15) is 113 Å². The molecule has 4 atom stereocenters. The highest BCUT2D eigenvalue weighted by Gasteiger charge is 2.48. The summed E-state index contributed by atoms with van der Waals surface area (Å²) in [6, 6.07) is -3.73. The topological polar surface area (TPSA) is 171 Å². The van der Waals surface area contributed by atoms with Gasteiger partial charge in [0.2, 0.25) is 17.6 Å². The Morgan fingerprint density at radius 3 is 2.10 bits per heavy atom. The molecule has 2 aliphatic rings. The first-order valence-corrected chi connectivity index (χ1v) is 20.5. The first-order valence-electron chi connectivity index (χ1n) is 18.7. The van der Waals surface area contributed by atoms with Gasteiger partial charge in [0.25, 0.3) is 5.91 Å². The Morgan fingerprint density at radius 2 is 1.55 bits per heavy atom. The van der Waals surface area contributed by atoms with Crippen LogP contribution in [-0.4, -0.2) is 91.1 Å². The number of rotatable bonds is 19. The van der Waals surface area contributed by atoms with Crippen molar-refractivity contribution in [3.05, 3.63) is 25.3 Å². The van der Waals surface area contributed by atoms with Crippen molar-refractivity contribution in [1.82, 2.24) is 26.2 Å². The summed E-state index contributed by atoms with van der Waals surface area (Å²) in [4.78, 5) is 69.6. The molecule has 51 heavy (non-hydrogen) atoms. The summed E-state index contributed by atoms with van der Waals surface area (Å²) in [6.45, 7) is 21.2. The van der Waals surface area contributed by atoms with Gasteiger partial charge in [-0.2, -0.15) is 0 Å². The Bertz CT molecular complexity index is 1350. The Balaban J connectivity index is 2.35. The molecule has 1 heterocycles. The van der Waals surface area contributed by atoms with Crippen molar-refractivity contribution < 1.29 is 32.4 Å². The molecule has 0 radical (unpaired) electrons. The van der Waals surface area contributed by atoms with E-state index in [0.29, 0.717) is 38.5 Å². The van der Waals surface area contributed by atoms with Gasteiger partial charge >= 0.3 is 6.03 Å². The molecule has 5 amide bonds. The standard InChI is InChI=1S/C38H65N5O7S/c1-10-12-17-29(31(44)34(46)39-22-13-11-2)40-33(45)30-28(27(5)6)18-23-43(30)35(47)32(37(7,8)9)41-36(48)42-38(20-15-14-16-21-38)25-51(49,50)24-19-26(3)4/h10-11,26-30,32H,1-2,12-25H2,3-9H3,(H,39,46)(H,40,45)(H2,41,42,48)/t28-,29?,30+,32-/m1/s1. The summed E-state index contributed by atoms with van der Waals surface area (Å²) in [5, 5.41) is 11.2. The van der Waals surface area contributed by atoms with Crippen LogP contribution in [0.2, 0.25) is 0 Å². The number of carbonyl (C=O) groups excluding carboxylic acids is 5. The molecule has 1 aliphatic carbocycles. The molecule has 290 valence electrons. The fourth-order valence-corrected chi connectivity index (χ4v) is 9.28. The van der Waals surface area contributed by atoms with Crippen LogP contribution in [0.25, 0.3) is 0 Å². The summed E-state index contributed by atoms with van der Waals surface area (Å²) in [5.41, 5.74) is -1.71. The van der Waals surface area contributed by atoms with E-state index in [1.54, 1.807) is 12.2 Å². The van der Waals surface area contributed by atoms with Crippen molar-refractivity contribution in [1.29, 1.82) is 0 Å². The Morgan fingerprint density at radius 1 is 0.922 bits per heavy atom. The first kappa shape index (κ1) is 43.9. The van der Waals surface area contributed by atoms with Gasteiger partial charge in [-0.3, -0.25) is 19.2 Å². The number of hydrogen-bond acceptors (Lipinski definition) is 7. The average Bonchev–Trinajstić information content (AvgIpc) is 3.50.